The number of allylic oxidation sites excluding steroid dienone is 5. The molecule has 2 aliphatic rings. The number of rotatable bonds is 5. The Bertz CT molecular complexity index is 1050. The minimum absolute atomic E-state index is 0.344. The zero-order chi connectivity index (χ0) is 21.6. The van der Waals surface area contributed by atoms with Gasteiger partial charge in [0.1, 0.15) is 0 Å². The van der Waals surface area contributed by atoms with Crippen LogP contribution in [0.1, 0.15) is 74.8 Å². The molecule has 1 unspecified atom stereocenters. The molecule has 0 heterocycles. The van der Waals surface area contributed by atoms with Gasteiger partial charge in [0.2, 0.25) is 0 Å². The zero-order valence-corrected chi connectivity index (χ0v) is 23.2. The normalized spacial score (nSPS) is 20.0. The molecular weight excluding hydrogens is 527 g/mol. The number of benzene rings is 2. The van der Waals surface area contributed by atoms with Gasteiger partial charge in [0, 0.05) is 0 Å². The van der Waals surface area contributed by atoms with Crippen molar-refractivity contribution in [1.82, 2.24) is 0 Å². The first-order valence-electron chi connectivity index (χ1n) is 11.2. The van der Waals surface area contributed by atoms with Gasteiger partial charge in [-0.25, -0.2) is 0 Å². The van der Waals surface area contributed by atoms with Crippen LogP contribution in [0.4, 0.5) is 0 Å². The molecule has 0 radical (unpaired) electrons. The third kappa shape index (κ3) is 3.68. The first-order valence-corrected chi connectivity index (χ1v) is 14.8. The van der Waals surface area contributed by atoms with E-state index in [1.54, 1.807) is 27.9 Å². The molecule has 0 saturated carbocycles. The van der Waals surface area contributed by atoms with Gasteiger partial charge in [0.25, 0.3) is 0 Å². The topological polar surface area (TPSA) is 0 Å². The molecule has 0 bridgehead atoms. The van der Waals surface area contributed by atoms with E-state index < -0.39 is 22.9 Å². The van der Waals surface area contributed by atoms with Gasteiger partial charge in [-0.2, -0.15) is 0 Å². The van der Waals surface area contributed by atoms with Crippen molar-refractivity contribution in [2.75, 3.05) is 0 Å². The van der Waals surface area contributed by atoms with Crippen LogP contribution in [-0.4, -0.2) is 0 Å². The van der Waals surface area contributed by atoms with Crippen LogP contribution in [0.2, 0.25) is 3.17 Å². The minimum atomic E-state index is -1.13. The summed E-state index contributed by atoms with van der Waals surface area (Å²) in [5.74, 6) is 0.612. The second-order valence-corrected chi connectivity index (χ2v) is 16.1. The fourth-order valence-corrected chi connectivity index (χ4v) is 12.5. The molecule has 2 aliphatic carbocycles. The van der Waals surface area contributed by atoms with Gasteiger partial charge in [-0.15, -0.1) is 0 Å². The summed E-state index contributed by atoms with van der Waals surface area (Å²) in [6, 6.07) is 16.0. The Kier molecular flexibility index (Phi) is 5.97. The molecule has 0 amide bonds. The van der Waals surface area contributed by atoms with Crippen LogP contribution in [0.25, 0.3) is 6.08 Å². The van der Waals surface area contributed by atoms with Gasteiger partial charge in [0.05, 0.1) is 0 Å². The standard InChI is InChI=1S/C19H19.C10H15.Hf/c1-14-12-18-11-10-17(19(18)13-15(14)2)9-8-16-6-4-3-5-7-16;1-6-7(2)9(4)10(5)8(6)3;/h3-7,11-13,17H,8-9H2,1-2H3;1-5H3;. The van der Waals surface area contributed by atoms with Crippen molar-refractivity contribution in [2.45, 2.75) is 70.4 Å². The number of aryl methyl sites for hydroxylation is 3. The van der Waals surface area contributed by atoms with Crippen molar-refractivity contribution in [1.29, 1.82) is 0 Å². The predicted octanol–water partition coefficient (Wildman–Crippen LogP) is 8.32. The van der Waals surface area contributed by atoms with Crippen LogP contribution >= 0.6 is 0 Å². The Hall–Kier alpha value is -1.47. The van der Waals surface area contributed by atoms with Crippen molar-refractivity contribution in [3.63, 3.8) is 0 Å². The fourth-order valence-electron chi connectivity index (χ4n) is 5.18. The van der Waals surface area contributed by atoms with Gasteiger partial charge in [-0.3, -0.25) is 0 Å². The summed E-state index contributed by atoms with van der Waals surface area (Å²) in [5.41, 5.74) is 13.8. The van der Waals surface area contributed by atoms with Crippen molar-refractivity contribution < 1.29 is 22.9 Å². The van der Waals surface area contributed by atoms with E-state index >= 15 is 0 Å². The average molecular weight is 561 g/mol. The van der Waals surface area contributed by atoms with Crippen LogP contribution in [0, 0.1) is 13.8 Å². The van der Waals surface area contributed by atoms with Gasteiger partial charge >= 0.3 is 195 Å². The third-order valence-electron chi connectivity index (χ3n) is 7.91. The maximum atomic E-state index is 2.61. The Morgan fingerprint density at radius 3 is 2.07 bits per heavy atom. The van der Waals surface area contributed by atoms with Crippen LogP contribution < -0.4 is 0 Å². The molecule has 2 aromatic rings. The van der Waals surface area contributed by atoms with E-state index in [4.69, 9.17) is 0 Å². The molecule has 1 atom stereocenters. The molecule has 0 aromatic heterocycles. The monoisotopic (exact) mass is 562 g/mol. The first-order chi connectivity index (χ1) is 14.2. The van der Waals surface area contributed by atoms with Gasteiger partial charge < -0.3 is 0 Å². The number of hydrogen-bond donors (Lipinski definition) is 0. The molecular formula is C29H34Hf. The van der Waals surface area contributed by atoms with E-state index in [0.717, 1.165) is 6.42 Å². The van der Waals surface area contributed by atoms with E-state index in [9.17, 15) is 0 Å². The van der Waals surface area contributed by atoms with E-state index in [1.165, 1.54) is 28.7 Å². The van der Waals surface area contributed by atoms with E-state index in [-0.39, 0.29) is 0 Å². The van der Waals surface area contributed by atoms with Gasteiger partial charge in [-0.05, 0) is 0 Å². The average Bonchev–Trinajstić information content (AvgIpc) is 3.12. The first kappa shape index (κ1) is 21.8. The van der Waals surface area contributed by atoms with Crippen LogP contribution in [-0.2, 0) is 29.3 Å². The summed E-state index contributed by atoms with van der Waals surface area (Å²) < 4.78 is 2.16. The summed E-state index contributed by atoms with van der Waals surface area (Å²) in [6.45, 7) is 16.5. The van der Waals surface area contributed by atoms with Gasteiger partial charge in [0.15, 0.2) is 0 Å². The van der Waals surface area contributed by atoms with Crippen molar-refractivity contribution in [3.8, 4) is 0 Å². The molecule has 1 heteroatoms. The van der Waals surface area contributed by atoms with Crippen LogP contribution in [0.3, 0.4) is 0 Å². The molecule has 4 rings (SSSR count). The Balaban J connectivity index is 1.69. The summed E-state index contributed by atoms with van der Waals surface area (Å²) >= 11 is -1.13. The molecule has 0 nitrogen and oxygen atoms in total. The molecule has 0 N–H and O–H groups in total. The number of fused-ring (bicyclic) bond motifs is 1. The summed E-state index contributed by atoms with van der Waals surface area (Å²) in [6.07, 6.45) is 5.00. The molecule has 2 aromatic carbocycles. The van der Waals surface area contributed by atoms with E-state index in [1.807, 2.05) is 3.33 Å². The quantitative estimate of drug-likeness (QED) is 0.323. The molecule has 0 aliphatic heterocycles. The molecule has 154 valence electrons. The third-order valence-corrected chi connectivity index (χ3v) is 15.2. The van der Waals surface area contributed by atoms with E-state index in [0.29, 0.717) is 9.09 Å². The molecule has 0 fully saturated rings. The Labute approximate surface area is 194 Å². The second-order valence-electron chi connectivity index (χ2n) is 9.49. The van der Waals surface area contributed by atoms with Crippen LogP contribution in [0.15, 0.2) is 68.1 Å². The van der Waals surface area contributed by atoms with Crippen molar-refractivity contribution in [2.24, 2.45) is 0 Å². The summed E-state index contributed by atoms with van der Waals surface area (Å²) in [7, 11) is 0. The maximum absolute atomic E-state index is 2.61. The molecule has 30 heavy (non-hydrogen) atoms. The second kappa shape index (κ2) is 8.23. The summed E-state index contributed by atoms with van der Waals surface area (Å²) in [5, 5.41) is 0. The number of hydrogen-bond acceptors (Lipinski definition) is 0. The van der Waals surface area contributed by atoms with Crippen LogP contribution in [0.5, 0.6) is 0 Å². The van der Waals surface area contributed by atoms with Crippen molar-refractivity contribution in [3.05, 3.63) is 95.9 Å². The SMILES string of the molecule is CC1=C(C)[C](C)([Hf][C]2=Cc3cc(C)c(C)cc3C2CCc2ccccc2)C(C)=C1C. The van der Waals surface area contributed by atoms with Crippen molar-refractivity contribution >= 4 is 6.08 Å². The van der Waals surface area contributed by atoms with Gasteiger partial charge in [-0.1, -0.05) is 0 Å². The summed E-state index contributed by atoms with van der Waals surface area (Å²) in [4.78, 5) is 0. The fraction of sp³-hybridized carbons (Fsp3) is 0.379. The predicted molar refractivity (Wildman–Crippen MR) is 127 cm³/mol. The Morgan fingerprint density at radius 2 is 1.43 bits per heavy atom. The van der Waals surface area contributed by atoms with E-state index in [2.05, 4.69) is 97.0 Å². The molecule has 0 spiro atoms. The Morgan fingerprint density at radius 1 is 0.833 bits per heavy atom. The molecule has 0 saturated heterocycles. The zero-order valence-electron chi connectivity index (χ0n) is 19.6.